The molecule has 1 rings (SSSR count). The van der Waals surface area contributed by atoms with E-state index >= 15 is 0 Å². The van der Waals surface area contributed by atoms with Gasteiger partial charge in [0.05, 0.1) is 6.54 Å². The van der Waals surface area contributed by atoms with Crippen molar-refractivity contribution in [3.05, 3.63) is 18.3 Å². The van der Waals surface area contributed by atoms with Crippen LogP contribution in [0.4, 0.5) is 5.82 Å². The summed E-state index contributed by atoms with van der Waals surface area (Å²) >= 11 is 0. The molecule has 0 fully saturated rings. The highest BCUT2D eigenvalue weighted by Crippen LogP contribution is 2.13. The van der Waals surface area contributed by atoms with Crippen LogP contribution in [0.15, 0.2) is 23.2 Å². The Balaban J connectivity index is 2.60. The van der Waals surface area contributed by atoms with Crippen molar-refractivity contribution in [3.8, 4) is 0 Å². The molecule has 0 saturated heterocycles. The van der Waals surface area contributed by atoms with Crippen LogP contribution in [-0.2, 0) is 19.6 Å². The molecule has 0 aromatic carbocycles. The molecule has 1 amide bonds. The number of nitrogens with one attached hydrogen (secondary N) is 2. The second-order valence-electron chi connectivity index (χ2n) is 4.19. The Morgan fingerprint density at radius 2 is 1.95 bits per heavy atom. The zero-order valence-electron chi connectivity index (χ0n) is 11.5. The van der Waals surface area contributed by atoms with Crippen LogP contribution in [0.5, 0.6) is 0 Å². The average Bonchev–Trinajstić information content (AvgIpc) is 2.43. The number of rotatable bonds is 7. The maximum absolute atomic E-state index is 11.8. The number of aromatic nitrogens is 1. The van der Waals surface area contributed by atoms with Gasteiger partial charge in [-0.05, 0) is 12.1 Å². The largest absolute Gasteiger partial charge is 0.480 e. The lowest BCUT2D eigenvalue weighted by Crippen LogP contribution is -2.34. The molecular weight excluding hydrogens is 300 g/mol. The number of carbonyl (C=O) groups excluding carboxylic acids is 1. The van der Waals surface area contributed by atoms with E-state index in [1.165, 1.54) is 32.4 Å². The van der Waals surface area contributed by atoms with Gasteiger partial charge in [-0.15, -0.1) is 0 Å². The minimum atomic E-state index is -3.54. The van der Waals surface area contributed by atoms with Crippen LogP contribution in [0.25, 0.3) is 0 Å². The maximum atomic E-state index is 11.8. The first-order chi connectivity index (χ1) is 9.73. The van der Waals surface area contributed by atoms with E-state index in [2.05, 4.69) is 15.6 Å². The van der Waals surface area contributed by atoms with E-state index in [9.17, 15) is 18.0 Å². The smallest absolute Gasteiger partial charge is 0.322 e. The lowest BCUT2D eigenvalue weighted by atomic mass is 10.4. The van der Waals surface area contributed by atoms with Gasteiger partial charge in [-0.1, -0.05) is 0 Å². The van der Waals surface area contributed by atoms with E-state index < -0.39 is 28.4 Å². The number of sulfonamides is 1. The Hall–Kier alpha value is -2.20. The maximum Gasteiger partial charge on any atom is 0.322 e. The van der Waals surface area contributed by atoms with Crippen LogP contribution >= 0.6 is 0 Å². The second-order valence-corrected chi connectivity index (χ2v) is 6.34. The summed E-state index contributed by atoms with van der Waals surface area (Å²) in [6.07, 6.45) is 1.17. The summed E-state index contributed by atoms with van der Waals surface area (Å²) in [6.45, 7) is -0.631. The number of pyridine rings is 1. The number of carboxylic acid groups (broad SMARTS) is 1. The van der Waals surface area contributed by atoms with Crippen molar-refractivity contribution in [1.82, 2.24) is 14.6 Å². The minimum Gasteiger partial charge on any atom is -0.480 e. The van der Waals surface area contributed by atoms with Crippen LogP contribution in [0, 0.1) is 0 Å². The molecule has 0 saturated carbocycles. The minimum absolute atomic E-state index is 0.0355. The standard InChI is InChI=1S/C11H16N4O5S/c1-15(2)21(19,20)8-3-4-9(12-5-8)13-6-10(16)14-7-11(17)18/h3-5H,6-7H2,1-2H3,(H,12,13)(H,14,16)(H,17,18). The topological polar surface area (TPSA) is 129 Å². The van der Waals surface area contributed by atoms with Crippen LogP contribution in [0.2, 0.25) is 0 Å². The molecule has 0 atom stereocenters. The van der Waals surface area contributed by atoms with E-state index in [1.807, 2.05) is 0 Å². The fraction of sp³-hybridized carbons (Fsp3) is 0.364. The molecule has 1 heterocycles. The van der Waals surface area contributed by atoms with Gasteiger partial charge in [0.1, 0.15) is 17.3 Å². The molecule has 1 aromatic heterocycles. The number of nitrogens with zero attached hydrogens (tertiary/aromatic N) is 2. The Kier molecular flexibility index (Phi) is 5.61. The summed E-state index contributed by atoms with van der Waals surface area (Å²) in [5.41, 5.74) is 0. The van der Waals surface area contributed by atoms with Crippen LogP contribution in [-0.4, -0.2) is 61.9 Å². The number of anilines is 1. The predicted octanol–water partition coefficient (Wildman–Crippen LogP) is -1.06. The first kappa shape index (κ1) is 16.9. The van der Waals surface area contributed by atoms with Crippen LogP contribution in [0.3, 0.4) is 0 Å². The van der Waals surface area contributed by atoms with Crippen LogP contribution < -0.4 is 10.6 Å². The van der Waals surface area contributed by atoms with E-state index in [4.69, 9.17) is 5.11 Å². The third-order valence-corrected chi connectivity index (χ3v) is 4.18. The Labute approximate surface area is 122 Å². The predicted molar refractivity (Wildman–Crippen MR) is 74.2 cm³/mol. The third kappa shape index (κ3) is 5.00. The highest BCUT2D eigenvalue weighted by molar-refractivity contribution is 7.89. The van der Waals surface area contributed by atoms with Crippen molar-refractivity contribution in [3.63, 3.8) is 0 Å². The molecule has 10 heteroatoms. The number of carbonyl (C=O) groups is 2. The van der Waals surface area contributed by atoms with Gasteiger partial charge in [0.25, 0.3) is 0 Å². The fourth-order valence-corrected chi connectivity index (χ4v) is 2.10. The van der Waals surface area contributed by atoms with Crippen molar-refractivity contribution in [2.24, 2.45) is 0 Å². The van der Waals surface area contributed by atoms with Crippen molar-refractivity contribution < 1.29 is 23.1 Å². The van der Waals surface area contributed by atoms with Gasteiger partial charge in [0, 0.05) is 20.3 Å². The quantitative estimate of drug-likeness (QED) is 0.585. The molecule has 0 bridgehead atoms. The molecule has 0 aliphatic rings. The van der Waals surface area contributed by atoms with Crippen LogP contribution in [0.1, 0.15) is 0 Å². The third-order valence-electron chi connectivity index (χ3n) is 2.38. The number of hydrogen-bond acceptors (Lipinski definition) is 6. The summed E-state index contributed by atoms with van der Waals surface area (Å²) < 4.78 is 24.7. The molecular formula is C11H16N4O5S. The second kappa shape index (κ2) is 6.99. The van der Waals surface area contributed by atoms with Crippen molar-refractivity contribution >= 4 is 27.7 Å². The van der Waals surface area contributed by atoms with E-state index in [1.54, 1.807) is 0 Å². The molecule has 3 N–H and O–H groups in total. The number of aliphatic carboxylic acids is 1. The lowest BCUT2D eigenvalue weighted by Gasteiger charge is -2.11. The van der Waals surface area contributed by atoms with E-state index in [0.717, 1.165) is 4.31 Å². The van der Waals surface area contributed by atoms with E-state index in [-0.39, 0.29) is 11.4 Å². The first-order valence-corrected chi connectivity index (χ1v) is 7.28. The Morgan fingerprint density at radius 3 is 2.43 bits per heavy atom. The van der Waals surface area contributed by atoms with Gasteiger partial charge in [0.15, 0.2) is 0 Å². The zero-order chi connectivity index (χ0) is 16.0. The van der Waals surface area contributed by atoms with E-state index in [0.29, 0.717) is 5.82 Å². The number of hydrogen-bond donors (Lipinski definition) is 3. The monoisotopic (exact) mass is 316 g/mol. The summed E-state index contributed by atoms with van der Waals surface area (Å²) in [5, 5.41) is 13.2. The molecule has 0 radical (unpaired) electrons. The van der Waals surface area contributed by atoms with Crippen molar-refractivity contribution in [1.29, 1.82) is 0 Å². The summed E-state index contributed by atoms with van der Waals surface area (Å²) in [5.74, 6) is -1.35. The van der Waals surface area contributed by atoms with Gasteiger partial charge in [-0.2, -0.15) is 0 Å². The zero-order valence-corrected chi connectivity index (χ0v) is 12.3. The summed E-state index contributed by atoms with van der Waals surface area (Å²) in [6, 6.07) is 2.78. The van der Waals surface area contributed by atoms with Gasteiger partial charge in [-0.25, -0.2) is 17.7 Å². The molecule has 0 aliphatic carbocycles. The molecule has 9 nitrogen and oxygen atoms in total. The molecule has 0 aliphatic heterocycles. The van der Waals surface area contributed by atoms with Gasteiger partial charge >= 0.3 is 5.97 Å². The van der Waals surface area contributed by atoms with Crippen molar-refractivity contribution in [2.75, 3.05) is 32.5 Å². The van der Waals surface area contributed by atoms with Gasteiger partial charge in [-0.3, -0.25) is 9.59 Å². The van der Waals surface area contributed by atoms with Crippen molar-refractivity contribution in [2.45, 2.75) is 4.90 Å². The number of carboxylic acids is 1. The molecule has 0 spiro atoms. The summed E-state index contributed by atoms with van der Waals surface area (Å²) in [4.78, 5) is 25.4. The fourth-order valence-electron chi connectivity index (χ4n) is 1.26. The number of amides is 1. The first-order valence-electron chi connectivity index (χ1n) is 5.84. The molecule has 21 heavy (non-hydrogen) atoms. The lowest BCUT2D eigenvalue weighted by molar-refractivity contribution is -0.137. The average molecular weight is 316 g/mol. The SMILES string of the molecule is CN(C)S(=O)(=O)c1ccc(NCC(=O)NCC(=O)O)nc1. The van der Waals surface area contributed by atoms with Gasteiger partial charge in [0.2, 0.25) is 15.9 Å². The Bertz CT molecular complexity index is 612. The highest BCUT2D eigenvalue weighted by Gasteiger charge is 2.17. The molecule has 1 aromatic rings. The normalized spacial score (nSPS) is 11.2. The highest BCUT2D eigenvalue weighted by atomic mass is 32.2. The summed E-state index contributed by atoms with van der Waals surface area (Å²) in [7, 11) is -0.723. The molecule has 0 unspecified atom stereocenters. The van der Waals surface area contributed by atoms with Gasteiger partial charge < -0.3 is 15.7 Å². The molecule has 116 valence electrons. The Morgan fingerprint density at radius 1 is 1.29 bits per heavy atom.